The Hall–Kier alpha value is -1.50. The Bertz CT molecular complexity index is 402. The summed E-state index contributed by atoms with van der Waals surface area (Å²) in [5.41, 5.74) is 4.17. The van der Waals surface area contributed by atoms with Gasteiger partial charge in [-0.15, -0.1) is 11.6 Å². The molecule has 0 spiro atoms. The van der Waals surface area contributed by atoms with Crippen molar-refractivity contribution in [2.45, 2.75) is 46.1 Å². The molecule has 1 heterocycles. The summed E-state index contributed by atoms with van der Waals surface area (Å²) in [5.74, 6) is 0.143. The maximum Gasteiger partial charge on any atom is 0.410 e. The van der Waals surface area contributed by atoms with Crippen LogP contribution in [-0.4, -0.2) is 65.4 Å². The van der Waals surface area contributed by atoms with Crippen LogP contribution in [0, 0.1) is 0 Å². The maximum absolute atomic E-state index is 11.8. The van der Waals surface area contributed by atoms with Crippen LogP contribution in [0.5, 0.6) is 0 Å². The van der Waals surface area contributed by atoms with Crippen LogP contribution in [-0.2, 0) is 14.3 Å². The van der Waals surface area contributed by atoms with Crippen LogP contribution in [0.4, 0.5) is 4.79 Å². The number of halogens is 1. The number of nitrogens with two attached hydrogens (primary N) is 1. The summed E-state index contributed by atoms with van der Waals surface area (Å²) in [5, 5.41) is 0. The molecule has 0 saturated carbocycles. The highest BCUT2D eigenvalue weighted by molar-refractivity contribution is 6.18. The molecular formula is C15H28ClN3O4. The molecule has 0 bridgehead atoms. The Morgan fingerprint density at radius 3 is 1.87 bits per heavy atom. The molecule has 8 heteroatoms. The van der Waals surface area contributed by atoms with Crippen molar-refractivity contribution in [2.75, 3.05) is 32.1 Å². The van der Waals surface area contributed by atoms with Gasteiger partial charge in [-0.2, -0.15) is 0 Å². The van der Waals surface area contributed by atoms with Crippen molar-refractivity contribution in [2.24, 2.45) is 5.73 Å². The van der Waals surface area contributed by atoms with Crippen molar-refractivity contribution in [3.05, 3.63) is 0 Å². The van der Waals surface area contributed by atoms with Gasteiger partial charge >= 0.3 is 6.09 Å². The quantitative estimate of drug-likeness (QED) is 0.783. The fourth-order valence-corrected chi connectivity index (χ4v) is 1.87. The van der Waals surface area contributed by atoms with Gasteiger partial charge in [0.1, 0.15) is 5.60 Å². The van der Waals surface area contributed by atoms with Gasteiger partial charge < -0.3 is 20.3 Å². The van der Waals surface area contributed by atoms with Crippen molar-refractivity contribution in [1.82, 2.24) is 9.80 Å². The molecule has 1 aliphatic heterocycles. The third-order valence-electron chi connectivity index (χ3n) is 2.94. The number of nitrogens with zero attached hydrogens (tertiary/aromatic N) is 2. The SMILES string of the molecule is CC(C)(C)OC(=O)N1CCN(C(=O)CCCl)CC1.CCC(N)=O. The zero-order valence-corrected chi connectivity index (χ0v) is 15.2. The second-order valence-electron chi connectivity index (χ2n) is 6.11. The van der Waals surface area contributed by atoms with Gasteiger partial charge in [-0.25, -0.2) is 4.79 Å². The lowest BCUT2D eigenvalue weighted by atomic mass is 10.2. The lowest BCUT2D eigenvalue weighted by molar-refractivity contribution is -0.132. The molecule has 3 amide bonds. The Morgan fingerprint density at radius 2 is 1.52 bits per heavy atom. The minimum Gasteiger partial charge on any atom is -0.444 e. The van der Waals surface area contributed by atoms with Gasteiger partial charge in [0.15, 0.2) is 0 Å². The summed E-state index contributed by atoms with van der Waals surface area (Å²) in [6.07, 6.45) is 0.487. The summed E-state index contributed by atoms with van der Waals surface area (Å²) in [6, 6.07) is 0. The topological polar surface area (TPSA) is 92.9 Å². The molecule has 7 nitrogen and oxygen atoms in total. The Balaban J connectivity index is 0.000000841. The molecule has 1 aliphatic rings. The zero-order valence-electron chi connectivity index (χ0n) is 14.4. The third-order valence-corrected chi connectivity index (χ3v) is 3.13. The molecule has 134 valence electrons. The fraction of sp³-hybridized carbons (Fsp3) is 0.800. The molecule has 23 heavy (non-hydrogen) atoms. The van der Waals surface area contributed by atoms with Crippen LogP contribution < -0.4 is 5.73 Å². The van der Waals surface area contributed by atoms with Gasteiger partial charge in [-0.05, 0) is 20.8 Å². The lowest BCUT2D eigenvalue weighted by Crippen LogP contribution is -2.51. The van der Waals surface area contributed by atoms with Crippen LogP contribution >= 0.6 is 11.6 Å². The summed E-state index contributed by atoms with van der Waals surface area (Å²) < 4.78 is 5.28. The van der Waals surface area contributed by atoms with E-state index in [1.807, 2.05) is 20.8 Å². The van der Waals surface area contributed by atoms with Crippen molar-refractivity contribution in [3.8, 4) is 0 Å². The molecule has 0 aliphatic carbocycles. The van der Waals surface area contributed by atoms with Gasteiger partial charge in [-0.1, -0.05) is 6.92 Å². The highest BCUT2D eigenvalue weighted by Crippen LogP contribution is 2.12. The third kappa shape index (κ3) is 9.99. The zero-order chi connectivity index (χ0) is 18.0. The Labute approximate surface area is 143 Å². The first kappa shape index (κ1) is 21.5. The van der Waals surface area contributed by atoms with Crippen LogP contribution in [0.15, 0.2) is 0 Å². The first-order chi connectivity index (χ1) is 10.6. The second kappa shape index (κ2) is 10.3. The van der Waals surface area contributed by atoms with Crippen molar-refractivity contribution in [3.63, 3.8) is 0 Å². The van der Waals surface area contributed by atoms with Crippen molar-refractivity contribution in [1.29, 1.82) is 0 Å². The first-order valence-corrected chi connectivity index (χ1v) is 8.24. The molecule has 0 aromatic heterocycles. The molecule has 1 fully saturated rings. The maximum atomic E-state index is 11.8. The average molecular weight is 350 g/mol. The van der Waals surface area contributed by atoms with E-state index in [2.05, 4.69) is 5.73 Å². The van der Waals surface area contributed by atoms with Gasteiger partial charge in [0.05, 0.1) is 0 Å². The van der Waals surface area contributed by atoms with E-state index in [1.54, 1.807) is 16.7 Å². The largest absolute Gasteiger partial charge is 0.444 e. The number of ether oxygens (including phenoxy) is 1. The number of amides is 3. The molecule has 0 unspecified atom stereocenters. The number of hydrogen-bond donors (Lipinski definition) is 1. The number of alkyl halides is 1. The van der Waals surface area contributed by atoms with Gasteiger partial charge in [0.2, 0.25) is 11.8 Å². The highest BCUT2D eigenvalue weighted by Gasteiger charge is 2.27. The molecule has 0 aromatic rings. The molecule has 2 N–H and O–H groups in total. The number of rotatable bonds is 3. The summed E-state index contributed by atoms with van der Waals surface area (Å²) >= 11 is 5.54. The van der Waals surface area contributed by atoms with E-state index in [0.717, 1.165) is 0 Å². The van der Waals surface area contributed by atoms with E-state index in [9.17, 15) is 14.4 Å². The average Bonchev–Trinajstić information content (AvgIpc) is 2.46. The van der Waals surface area contributed by atoms with E-state index in [-0.39, 0.29) is 17.9 Å². The standard InChI is InChI=1S/C12H21ClN2O3.C3H7NO/c1-12(2,3)18-11(17)15-8-6-14(7-9-15)10(16)4-5-13;1-2-3(4)5/h4-9H2,1-3H3;2H2,1H3,(H2,4,5). The van der Waals surface area contributed by atoms with E-state index in [0.29, 0.717) is 44.9 Å². The van der Waals surface area contributed by atoms with E-state index in [4.69, 9.17) is 16.3 Å². The van der Waals surface area contributed by atoms with E-state index < -0.39 is 5.60 Å². The number of carbonyl (C=O) groups is 3. The second-order valence-corrected chi connectivity index (χ2v) is 6.48. The highest BCUT2D eigenvalue weighted by atomic mass is 35.5. The van der Waals surface area contributed by atoms with Crippen LogP contribution in [0.3, 0.4) is 0 Å². The minimum absolute atomic E-state index is 0.0499. The predicted molar refractivity (Wildman–Crippen MR) is 89.2 cm³/mol. The predicted octanol–water partition coefficient (Wildman–Crippen LogP) is 1.58. The summed E-state index contributed by atoms with van der Waals surface area (Å²) in [4.78, 5) is 36.4. The van der Waals surface area contributed by atoms with Crippen molar-refractivity contribution < 1.29 is 19.1 Å². The van der Waals surface area contributed by atoms with Gasteiger partial charge in [0, 0.05) is 44.9 Å². The number of primary amides is 1. The van der Waals surface area contributed by atoms with Gasteiger partial charge in [-0.3, -0.25) is 9.59 Å². The molecule has 0 radical (unpaired) electrons. The minimum atomic E-state index is -0.483. The summed E-state index contributed by atoms with van der Waals surface area (Å²) in [7, 11) is 0. The molecule has 0 atom stereocenters. The smallest absolute Gasteiger partial charge is 0.410 e. The van der Waals surface area contributed by atoms with Crippen LogP contribution in [0.1, 0.15) is 40.5 Å². The number of carbonyl (C=O) groups excluding carboxylic acids is 3. The van der Waals surface area contributed by atoms with E-state index in [1.165, 1.54) is 0 Å². The number of hydrogen-bond acceptors (Lipinski definition) is 4. The normalized spacial score (nSPS) is 14.7. The molecular weight excluding hydrogens is 322 g/mol. The van der Waals surface area contributed by atoms with Crippen LogP contribution in [0.2, 0.25) is 0 Å². The monoisotopic (exact) mass is 349 g/mol. The molecule has 0 aromatic carbocycles. The summed E-state index contributed by atoms with van der Waals surface area (Å²) in [6.45, 7) is 9.37. The number of piperazine rings is 1. The van der Waals surface area contributed by atoms with Crippen molar-refractivity contribution >= 4 is 29.5 Å². The van der Waals surface area contributed by atoms with E-state index >= 15 is 0 Å². The molecule has 1 saturated heterocycles. The van der Waals surface area contributed by atoms with Gasteiger partial charge in [0.25, 0.3) is 0 Å². The molecule has 1 rings (SSSR count). The Kier molecular flexibility index (Phi) is 9.64. The Morgan fingerprint density at radius 1 is 1.09 bits per heavy atom. The lowest BCUT2D eigenvalue weighted by Gasteiger charge is -2.35. The first-order valence-electron chi connectivity index (χ1n) is 7.70. The van der Waals surface area contributed by atoms with Crippen LogP contribution in [0.25, 0.3) is 0 Å². The fourth-order valence-electron chi connectivity index (χ4n) is 1.70.